The lowest BCUT2D eigenvalue weighted by Gasteiger charge is -1.99. The lowest BCUT2D eigenvalue weighted by atomic mass is 10.1. The van der Waals surface area contributed by atoms with Gasteiger partial charge in [0.05, 0.1) is 0 Å². The highest BCUT2D eigenvalue weighted by atomic mass is 14.6. The normalized spacial score (nSPS) is 14.9. The Morgan fingerprint density at radius 1 is 1.10 bits per heavy atom. The molecule has 0 aromatic rings. The summed E-state index contributed by atoms with van der Waals surface area (Å²) in [5.74, 6) is 0.768. The Balaban J connectivity index is 3.20. The molecule has 60 valence electrons. The highest BCUT2D eigenvalue weighted by Gasteiger charge is 1.89. The van der Waals surface area contributed by atoms with Crippen LogP contribution in [0.25, 0.3) is 0 Å². The fourth-order valence-electron chi connectivity index (χ4n) is 0.679. The summed E-state index contributed by atoms with van der Waals surface area (Å²) in [6.07, 6.45) is 6.57. The average Bonchev–Trinajstić information content (AvgIpc) is 1.79. The lowest BCUT2D eigenvalue weighted by molar-refractivity contribution is 0.659. The second-order valence-electron chi connectivity index (χ2n) is 3.31. The van der Waals surface area contributed by atoms with E-state index in [1.54, 1.807) is 0 Å². The van der Waals surface area contributed by atoms with Crippen LogP contribution in [0.4, 0.5) is 0 Å². The van der Waals surface area contributed by atoms with Crippen LogP contribution in [0.2, 0.25) is 0 Å². The number of nitrogens with two attached hydrogens (primary N) is 1. The van der Waals surface area contributed by atoms with Crippen LogP contribution in [0.15, 0.2) is 12.2 Å². The summed E-state index contributed by atoms with van der Waals surface area (Å²) in [6, 6.07) is 0.309. The van der Waals surface area contributed by atoms with Gasteiger partial charge in [0.15, 0.2) is 0 Å². The first-order chi connectivity index (χ1) is 4.63. The molecule has 0 aromatic carbocycles. The van der Waals surface area contributed by atoms with Gasteiger partial charge in [-0.05, 0) is 25.7 Å². The molecule has 0 aliphatic carbocycles. The van der Waals surface area contributed by atoms with Crippen LogP contribution in [0.3, 0.4) is 0 Å². The van der Waals surface area contributed by atoms with E-state index >= 15 is 0 Å². The van der Waals surface area contributed by atoms with Crippen LogP contribution in [0.5, 0.6) is 0 Å². The molecule has 0 aromatic heterocycles. The molecular weight excluding hydrogens is 122 g/mol. The van der Waals surface area contributed by atoms with Crippen LogP contribution in [0, 0.1) is 5.92 Å². The van der Waals surface area contributed by atoms with Crippen molar-refractivity contribution >= 4 is 0 Å². The summed E-state index contributed by atoms with van der Waals surface area (Å²) < 4.78 is 0. The molecule has 0 aliphatic rings. The van der Waals surface area contributed by atoms with Crippen LogP contribution >= 0.6 is 0 Å². The molecule has 10 heavy (non-hydrogen) atoms. The maximum absolute atomic E-state index is 5.56. The quantitative estimate of drug-likeness (QED) is 0.597. The number of allylic oxidation sites excluding steroid dienone is 1. The van der Waals surface area contributed by atoms with E-state index in [1.165, 1.54) is 6.42 Å². The van der Waals surface area contributed by atoms with Crippen molar-refractivity contribution in [1.82, 2.24) is 0 Å². The van der Waals surface area contributed by atoms with Crippen molar-refractivity contribution in [2.75, 3.05) is 0 Å². The molecule has 1 heteroatoms. The molecule has 0 radical (unpaired) electrons. The van der Waals surface area contributed by atoms with E-state index in [4.69, 9.17) is 5.73 Å². The molecule has 1 nitrogen and oxygen atoms in total. The molecule has 2 N–H and O–H groups in total. The van der Waals surface area contributed by atoms with Gasteiger partial charge in [0.1, 0.15) is 0 Å². The second kappa shape index (κ2) is 5.48. The molecule has 1 atom stereocenters. The fourth-order valence-corrected chi connectivity index (χ4v) is 0.679. The van der Waals surface area contributed by atoms with Gasteiger partial charge >= 0.3 is 0 Å². The first-order valence-electron chi connectivity index (χ1n) is 4.03. The van der Waals surface area contributed by atoms with Crippen LogP contribution in [-0.2, 0) is 0 Å². The molecule has 0 rings (SSSR count). The van der Waals surface area contributed by atoms with Crippen LogP contribution in [0.1, 0.15) is 33.6 Å². The predicted octanol–water partition coefficient (Wildman–Crippen LogP) is 2.33. The Bertz CT molecular complexity index is 80.9. The summed E-state index contributed by atoms with van der Waals surface area (Å²) in [5.41, 5.74) is 5.56. The van der Waals surface area contributed by atoms with Crippen molar-refractivity contribution < 1.29 is 0 Å². The Labute approximate surface area is 64.3 Å². The van der Waals surface area contributed by atoms with Gasteiger partial charge in [0, 0.05) is 6.04 Å². The Morgan fingerprint density at radius 3 is 2.00 bits per heavy atom. The van der Waals surface area contributed by atoms with E-state index in [-0.39, 0.29) is 0 Å². The molecule has 0 spiro atoms. The van der Waals surface area contributed by atoms with E-state index in [0.29, 0.717) is 6.04 Å². The monoisotopic (exact) mass is 141 g/mol. The highest BCUT2D eigenvalue weighted by Crippen LogP contribution is 2.00. The molecule has 0 saturated carbocycles. The minimum atomic E-state index is 0.309. The van der Waals surface area contributed by atoms with Crippen LogP contribution < -0.4 is 5.73 Å². The van der Waals surface area contributed by atoms with Gasteiger partial charge in [0.25, 0.3) is 0 Å². The van der Waals surface area contributed by atoms with Crippen molar-refractivity contribution in [1.29, 1.82) is 0 Å². The number of hydrogen-bond acceptors (Lipinski definition) is 1. The molecule has 0 amide bonds. The van der Waals surface area contributed by atoms with Gasteiger partial charge < -0.3 is 5.73 Å². The maximum Gasteiger partial charge on any atom is 0.00449 e. The molecule has 0 saturated heterocycles. The van der Waals surface area contributed by atoms with Gasteiger partial charge in [-0.1, -0.05) is 26.0 Å². The fraction of sp³-hybridized carbons (Fsp3) is 0.778. The summed E-state index contributed by atoms with van der Waals surface area (Å²) in [7, 11) is 0. The summed E-state index contributed by atoms with van der Waals surface area (Å²) in [5, 5.41) is 0. The third-order valence-electron chi connectivity index (χ3n) is 1.28. The molecule has 1 unspecified atom stereocenters. The third-order valence-corrected chi connectivity index (χ3v) is 1.28. The average molecular weight is 141 g/mol. The van der Waals surface area contributed by atoms with Crippen molar-refractivity contribution in [3.63, 3.8) is 0 Å². The largest absolute Gasteiger partial charge is 0.328 e. The zero-order chi connectivity index (χ0) is 7.98. The van der Waals surface area contributed by atoms with E-state index in [2.05, 4.69) is 26.0 Å². The SMILES string of the molecule is CC(C)C/C=C\CC(C)N. The summed E-state index contributed by atoms with van der Waals surface area (Å²) in [6.45, 7) is 6.46. The van der Waals surface area contributed by atoms with Gasteiger partial charge in [0.2, 0.25) is 0 Å². The maximum atomic E-state index is 5.56. The highest BCUT2D eigenvalue weighted by molar-refractivity contribution is 4.84. The predicted molar refractivity (Wildman–Crippen MR) is 46.9 cm³/mol. The van der Waals surface area contributed by atoms with Crippen molar-refractivity contribution in [3.8, 4) is 0 Å². The number of rotatable bonds is 4. The third kappa shape index (κ3) is 7.70. The van der Waals surface area contributed by atoms with Gasteiger partial charge in [-0.3, -0.25) is 0 Å². The molecule has 0 heterocycles. The first kappa shape index (κ1) is 9.70. The summed E-state index contributed by atoms with van der Waals surface area (Å²) in [4.78, 5) is 0. The first-order valence-corrected chi connectivity index (χ1v) is 4.03. The smallest absolute Gasteiger partial charge is 0.00449 e. The van der Waals surface area contributed by atoms with Crippen molar-refractivity contribution in [2.45, 2.75) is 39.7 Å². The Kier molecular flexibility index (Phi) is 5.32. The van der Waals surface area contributed by atoms with Crippen molar-refractivity contribution in [2.24, 2.45) is 11.7 Å². The molecular formula is C9H19N. The lowest BCUT2D eigenvalue weighted by Crippen LogP contribution is -2.12. The van der Waals surface area contributed by atoms with E-state index in [1.807, 2.05) is 6.92 Å². The van der Waals surface area contributed by atoms with Gasteiger partial charge in [-0.15, -0.1) is 0 Å². The minimum absolute atomic E-state index is 0.309. The minimum Gasteiger partial charge on any atom is -0.328 e. The van der Waals surface area contributed by atoms with Gasteiger partial charge in [-0.25, -0.2) is 0 Å². The van der Waals surface area contributed by atoms with E-state index in [0.717, 1.165) is 12.3 Å². The van der Waals surface area contributed by atoms with Crippen molar-refractivity contribution in [3.05, 3.63) is 12.2 Å². The standard InChI is InChI=1S/C9H19N/c1-8(2)6-4-5-7-9(3)10/h4-5,8-9H,6-7,10H2,1-3H3/b5-4-. The topological polar surface area (TPSA) is 26.0 Å². The van der Waals surface area contributed by atoms with E-state index in [9.17, 15) is 0 Å². The molecule has 0 fully saturated rings. The Hall–Kier alpha value is -0.300. The second-order valence-corrected chi connectivity index (χ2v) is 3.31. The van der Waals surface area contributed by atoms with Crippen LogP contribution in [-0.4, -0.2) is 6.04 Å². The Morgan fingerprint density at radius 2 is 1.60 bits per heavy atom. The number of hydrogen-bond donors (Lipinski definition) is 1. The molecule has 0 bridgehead atoms. The zero-order valence-electron chi connectivity index (χ0n) is 7.30. The van der Waals surface area contributed by atoms with E-state index < -0.39 is 0 Å². The summed E-state index contributed by atoms with van der Waals surface area (Å²) >= 11 is 0. The molecule has 0 aliphatic heterocycles. The van der Waals surface area contributed by atoms with Gasteiger partial charge in [-0.2, -0.15) is 0 Å². The zero-order valence-corrected chi connectivity index (χ0v) is 7.30.